The first-order chi connectivity index (χ1) is 15.1. The number of pyridine rings is 1. The molecule has 3 heterocycles. The van der Waals surface area contributed by atoms with Gasteiger partial charge in [-0.1, -0.05) is 6.07 Å². The Morgan fingerprint density at radius 2 is 1.90 bits per heavy atom. The van der Waals surface area contributed by atoms with Crippen LogP contribution in [0, 0.1) is 0 Å². The molecule has 0 bridgehead atoms. The van der Waals surface area contributed by atoms with E-state index in [2.05, 4.69) is 15.4 Å². The van der Waals surface area contributed by atoms with E-state index in [9.17, 15) is 18.4 Å². The molecule has 11 heteroatoms. The Kier molecular flexibility index (Phi) is 5.94. The molecule has 0 atom stereocenters. The summed E-state index contributed by atoms with van der Waals surface area (Å²) in [4.78, 5) is 28.0. The predicted molar refractivity (Wildman–Crippen MR) is 109 cm³/mol. The molecule has 0 saturated carbocycles. The van der Waals surface area contributed by atoms with Crippen LogP contribution in [0.1, 0.15) is 5.56 Å². The molecule has 1 saturated heterocycles. The highest BCUT2D eigenvalue weighted by Crippen LogP contribution is 2.35. The smallest absolute Gasteiger partial charge is 0.290 e. The van der Waals surface area contributed by atoms with Gasteiger partial charge in [-0.15, -0.1) is 0 Å². The van der Waals surface area contributed by atoms with Crippen LogP contribution in [0.25, 0.3) is 23.2 Å². The standard InChI is InChI=1S/C20H14F2N4O4S/c21-10-29-14-5-4-12(7-15(14)30-11-22)18-13(8-16-19(27)24-20(28)31-16)9-26(25-18)17-3-1-2-6-23-17/h1-9H,10-11H2,(H,24,27,28). The average Bonchev–Trinajstić information content (AvgIpc) is 3.33. The zero-order chi connectivity index (χ0) is 21.8. The van der Waals surface area contributed by atoms with Gasteiger partial charge in [0.25, 0.3) is 11.1 Å². The zero-order valence-electron chi connectivity index (χ0n) is 15.7. The van der Waals surface area contributed by atoms with E-state index in [1.807, 2.05) is 0 Å². The molecule has 1 fully saturated rings. The number of aromatic nitrogens is 3. The van der Waals surface area contributed by atoms with Crippen molar-refractivity contribution in [3.05, 3.63) is 59.3 Å². The summed E-state index contributed by atoms with van der Waals surface area (Å²) in [5, 5.41) is 6.26. The second kappa shape index (κ2) is 8.96. The second-order valence-corrected chi connectivity index (χ2v) is 7.10. The van der Waals surface area contributed by atoms with Gasteiger partial charge in [0, 0.05) is 23.5 Å². The van der Waals surface area contributed by atoms with Gasteiger partial charge in [0.1, 0.15) is 5.69 Å². The minimum Gasteiger partial charge on any atom is -0.459 e. The number of carbonyl (C=O) groups excluding carboxylic acids is 2. The monoisotopic (exact) mass is 444 g/mol. The third kappa shape index (κ3) is 4.40. The van der Waals surface area contributed by atoms with Gasteiger partial charge < -0.3 is 9.47 Å². The summed E-state index contributed by atoms with van der Waals surface area (Å²) in [6.45, 7) is -2.24. The highest BCUT2D eigenvalue weighted by atomic mass is 32.2. The van der Waals surface area contributed by atoms with Crippen molar-refractivity contribution in [2.45, 2.75) is 0 Å². The minimum absolute atomic E-state index is 0.00759. The van der Waals surface area contributed by atoms with E-state index in [1.54, 1.807) is 36.7 Å². The highest BCUT2D eigenvalue weighted by Gasteiger charge is 2.26. The predicted octanol–water partition coefficient (Wildman–Crippen LogP) is 3.87. The van der Waals surface area contributed by atoms with Crippen LogP contribution < -0.4 is 14.8 Å². The maximum Gasteiger partial charge on any atom is 0.290 e. The van der Waals surface area contributed by atoms with E-state index >= 15 is 0 Å². The third-order valence-electron chi connectivity index (χ3n) is 4.19. The molecule has 2 aromatic heterocycles. The maximum atomic E-state index is 12.8. The molecule has 0 unspecified atom stereocenters. The fraction of sp³-hybridized carbons (Fsp3) is 0.100. The number of nitrogens with one attached hydrogen (secondary N) is 1. The van der Waals surface area contributed by atoms with E-state index in [0.717, 1.165) is 11.8 Å². The molecule has 0 spiro atoms. The molecule has 1 N–H and O–H groups in total. The first-order valence-corrected chi connectivity index (χ1v) is 9.68. The number of hydrogen-bond donors (Lipinski definition) is 1. The van der Waals surface area contributed by atoms with Crippen molar-refractivity contribution >= 4 is 29.0 Å². The number of rotatable bonds is 7. The van der Waals surface area contributed by atoms with Crippen LogP contribution in [0.15, 0.2) is 53.7 Å². The number of alkyl halides is 2. The number of halogens is 2. The number of ether oxygens (including phenoxy) is 2. The summed E-state index contributed by atoms with van der Waals surface area (Å²) in [6, 6.07) is 9.76. The average molecular weight is 444 g/mol. The lowest BCUT2D eigenvalue weighted by Gasteiger charge is -2.10. The van der Waals surface area contributed by atoms with Gasteiger partial charge in [0.2, 0.25) is 13.7 Å². The molecule has 3 aromatic rings. The van der Waals surface area contributed by atoms with Crippen molar-refractivity contribution < 1.29 is 27.8 Å². The van der Waals surface area contributed by atoms with Crippen LogP contribution in [-0.4, -0.2) is 39.6 Å². The number of carbonyl (C=O) groups is 2. The molecule has 1 aliphatic heterocycles. The fourth-order valence-corrected chi connectivity index (χ4v) is 3.56. The molecule has 158 valence electrons. The van der Waals surface area contributed by atoms with Crippen molar-refractivity contribution in [3.8, 4) is 28.6 Å². The van der Waals surface area contributed by atoms with E-state index < -0.39 is 24.9 Å². The number of imide groups is 1. The Morgan fingerprint density at radius 3 is 2.58 bits per heavy atom. The van der Waals surface area contributed by atoms with E-state index in [1.165, 1.54) is 22.9 Å². The van der Waals surface area contributed by atoms with Crippen molar-refractivity contribution in [1.29, 1.82) is 0 Å². The van der Waals surface area contributed by atoms with Gasteiger partial charge in [-0.2, -0.15) is 5.10 Å². The first-order valence-electron chi connectivity index (χ1n) is 8.87. The van der Waals surface area contributed by atoms with Gasteiger partial charge in [0.05, 0.1) is 4.91 Å². The van der Waals surface area contributed by atoms with Gasteiger partial charge in [0.15, 0.2) is 17.3 Å². The Hall–Kier alpha value is -3.73. The largest absolute Gasteiger partial charge is 0.459 e. The first kappa shape index (κ1) is 20.5. The lowest BCUT2D eigenvalue weighted by atomic mass is 10.1. The number of nitrogens with zero attached hydrogens (tertiary/aromatic N) is 3. The lowest BCUT2D eigenvalue weighted by Crippen LogP contribution is -2.17. The van der Waals surface area contributed by atoms with Crippen molar-refractivity contribution in [3.63, 3.8) is 0 Å². The summed E-state index contributed by atoms with van der Waals surface area (Å²) in [5.41, 5.74) is 1.40. The van der Waals surface area contributed by atoms with Crippen LogP contribution in [0.4, 0.5) is 13.6 Å². The topological polar surface area (TPSA) is 95.3 Å². The van der Waals surface area contributed by atoms with Gasteiger partial charge in [-0.3, -0.25) is 14.9 Å². The minimum atomic E-state index is -1.13. The number of benzene rings is 1. The van der Waals surface area contributed by atoms with Crippen molar-refractivity contribution in [1.82, 2.24) is 20.1 Å². The molecule has 4 rings (SSSR count). The summed E-state index contributed by atoms with van der Waals surface area (Å²) in [6.07, 6.45) is 4.77. The van der Waals surface area contributed by atoms with E-state index in [0.29, 0.717) is 22.6 Å². The quantitative estimate of drug-likeness (QED) is 0.553. The molecular weight excluding hydrogens is 430 g/mol. The number of hydrogen-bond acceptors (Lipinski definition) is 7. The number of thioether (sulfide) groups is 1. The summed E-state index contributed by atoms with van der Waals surface area (Å²) >= 11 is 0.771. The number of amides is 2. The van der Waals surface area contributed by atoms with E-state index in [4.69, 9.17) is 9.47 Å². The Bertz CT molecular complexity index is 1170. The molecule has 2 amide bonds. The van der Waals surface area contributed by atoms with Crippen LogP contribution in [0.5, 0.6) is 11.5 Å². The Balaban J connectivity index is 1.83. The van der Waals surface area contributed by atoms with Crippen molar-refractivity contribution in [2.75, 3.05) is 13.7 Å². The zero-order valence-corrected chi connectivity index (χ0v) is 16.6. The van der Waals surface area contributed by atoms with Gasteiger partial charge in [-0.05, 0) is 48.2 Å². The van der Waals surface area contributed by atoms with Crippen LogP contribution in [0.3, 0.4) is 0 Å². The van der Waals surface area contributed by atoms with E-state index in [-0.39, 0.29) is 16.4 Å². The van der Waals surface area contributed by atoms with Crippen LogP contribution in [-0.2, 0) is 4.79 Å². The Labute approximate surface area is 178 Å². The lowest BCUT2D eigenvalue weighted by molar-refractivity contribution is -0.115. The molecular formula is C20H14F2N4O4S. The van der Waals surface area contributed by atoms with Gasteiger partial charge in [-0.25, -0.2) is 18.4 Å². The van der Waals surface area contributed by atoms with Gasteiger partial charge >= 0.3 is 0 Å². The molecule has 1 aromatic carbocycles. The maximum absolute atomic E-state index is 12.8. The summed E-state index contributed by atoms with van der Waals surface area (Å²) in [7, 11) is 0. The normalized spacial score (nSPS) is 14.7. The molecule has 1 aliphatic rings. The molecule has 8 nitrogen and oxygen atoms in total. The Morgan fingerprint density at radius 1 is 1.10 bits per heavy atom. The van der Waals surface area contributed by atoms with Crippen LogP contribution >= 0.6 is 11.8 Å². The highest BCUT2D eigenvalue weighted by molar-refractivity contribution is 8.18. The molecule has 0 radical (unpaired) electrons. The molecule has 0 aliphatic carbocycles. The third-order valence-corrected chi connectivity index (χ3v) is 5.00. The summed E-state index contributed by atoms with van der Waals surface area (Å²) < 4.78 is 36.6. The molecule has 31 heavy (non-hydrogen) atoms. The SMILES string of the molecule is O=C1NC(=O)C(=Cc2cn(-c3ccccn3)nc2-c2ccc(OCF)c(OCF)c2)S1. The summed E-state index contributed by atoms with van der Waals surface area (Å²) in [5.74, 6) is 0.0291. The van der Waals surface area contributed by atoms with Crippen LogP contribution in [0.2, 0.25) is 0 Å². The van der Waals surface area contributed by atoms with Crippen molar-refractivity contribution in [2.24, 2.45) is 0 Å². The fourth-order valence-electron chi connectivity index (χ4n) is 2.89. The second-order valence-electron chi connectivity index (χ2n) is 6.09.